The first-order valence-corrected chi connectivity index (χ1v) is 21.3. The van der Waals surface area contributed by atoms with E-state index in [0.717, 1.165) is 28.7 Å². The minimum absolute atomic E-state index is 0.527. The molecule has 0 radical (unpaired) electrons. The Kier molecular flexibility index (Phi) is 15.4. The number of benzene rings is 8. The van der Waals surface area contributed by atoms with E-state index < -0.39 is 14.3 Å². The molecule has 0 atom stereocenters. The van der Waals surface area contributed by atoms with Gasteiger partial charge in [-0.1, -0.05) is 147 Å². The lowest BCUT2D eigenvalue weighted by Crippen LogP contribution is -2.29. The fraction of sp³-hybridized carbons (Fsp3) is 0.0233. The smallest absolute Gasteiger partial charge is 0.423 e. The van der Waals surface area contributed by atoms with Crippen LogP contribution in [0.2, 0.25) is 0 Å². The summed E-state index contributed by atoms with van der Waals surface area (Å²) in [5.41, 5.74) is 5.30. The Morgan fingerprint density at radius 2 is 0.811 bits per heavy atom. The quantitative estimate of drug-likeness (QED) is 0.105. The topological polar surface area (TPSA) is 40.5 Å². The summed E-state index contributed by atoms with van der Waals surface area (Å²) in [6.07, 6.45) is 0. The van der Waals surface area contributed by atoms with E-state index in [4.69, 9.17) is 11.4 Å². The highest BCUT2D eigenvalue weighted by Crippen LogP contribution is 2.39. The standard InChI is InChI=1S/C26H16Br2.C10H9BO2.C6H2Br2I2.CH3F/c27-25-16-24(22-12-10-18-6-2-4-8-20(18)14-22)26(28)15-23(25)21-11-9-17-5-1-3-7-19(17)13-21;12-11(13)10-6-5-8-3-1-2-4-9(8)7-10;7-3-1-5(9)4(8)2-6(3)10;1-2/h1-16H;1-7,12-13H;1-2H;1H3/i;;;1D. The lowest BCUT2D eigenvalue weighted by Gasteiger charge is -2.12. The number of fused-ring (bicyclic) bond motifs is 3. The Balaban J connectivity index is 0.000000178. The van der Waals surface area contributed by atoms with E-state index in [0.29, 0.717) is 5.46 Å². The Morgan fingerprint density at radius 3 is 1.19 bits per heavy atom. The molecule has 0 saturated heterocycles. The van der Waals surface area contributed by atoms with E-state index in [1.165, 1.54) is 50.9 Å². The number of alkyl halides is 1. The van der Waals surface area contributed by atoms with Gasteiger partial charge in [0.2, 0.25) is 0 Å². The van der Waals surface area contributed by atoms with Crippen LogP contribution in [0.3, 0.4) is 0 Å². The van der Waals surface area contributed by atoms with Gasteiger partial charge in [-0.3, -0.25) is 4.39 Å². The van der Waals surface area contributed by atoms with Gasteiger partial charge in [0.1, 0.15) is 0 Å². The molecule has 8 aromatic carbocycles. The Labute approximate surface area is 371 Å². The second kappa shape index (κ2) is 20.1. The van der Waals surface area contributed by atoms with Gasteiger partial charge in [-0.05, 0) is 173 Å². The average Bonchev–Trinajstić information content (AvgIpc) is 3.18. The van der Waals surface area contributed by atoms with Gasteiger partial charge >= 0.3 is 7.12 Å². The van der Waals surface area contributed by atoms with Gasteiger partial charge in [-0.15, -0.1) is 0 Å². The maximum Gasteiger partial charge on any atom is 0.488 e. The molecule has 8 aromatic rings. The van der Waals surface area contributed by atoms with Crippen molar-refractivity contribution in [3.05, 3.63) is 177 Å². The van der Waals surface area contributed by atoms with Crippen molar-refractivity contribution in [2.75, 3.05) is 7.15 Å². The lowest BCUT2D eigenvalue weighted by molar-refractivity contribution is 0.426. The summed E-state index contributed by atoms with van der Waals surface area (Å²) in [5.74, 6) is 0. The second-order valence-corrected chi connectivity index (χ2v) is 17.3. The van der Waals surface area contributed by atoms with Crippen LogP contribution in [0.1, 0.15) is 1.37 Å². The minimum atomic E-state index is -1.38. The number of hydrogen-bond acceptors (Lipinski definition) is 2. The van der Waals surface area contributed by atoms with E-state index in [-0.39, 0.29) is 0 Å². The molecule has 0 fully saturated rings. The molecule has 0 aliphatic carbocycles. The third-order valence-electron chi connectivity index (χ3n) is 8.21. The van der Waals surface area contributed by atoms with Crippen molar-refractivity contribution in [2.45, 2.75) is 0 Å². The summed E-state index contributed by atoms with van der Waals surface area (Å²) in [7, 11) is -2.38. The van der Waals surface area contributed by atoms with Crippen LogP contribution in [0.4, 0.5) is 4.39 Å². The van der Waals surface area contributed by atoms with Crippen molar-refractivity contribution < 1.29 is 15.8 Å². The van der Waals surface area contributed by atoms with E-state index in [1.54, 1.807) is 12.1 Å². The van der Waals surface area contributed by atoms with Crippen molar-refractivity contribution in [1.29, 1.82) is 0 Å². The molecule has 0 aliphatic rings. The molecule has 0 aliphatic heterocycles. The summed E-state index contributed by atoms with van der Waals surface area (Å²) >= 11 is 19.1. The Hall–Kier alpha value is -2.17. The molecular weight excluding hydrogens is 1150 g/mol. The van der Waals surface area contributed by atoms with Crippen LogP contribution < -0.4 is 5.46 Å². The molecule has 10 heteroatoms. The van der Waals surface area contributed by atoms with E-state index >= 15 is 0 Å². The monoisotopic (exact) mass is 1180 g/mol. The van der Waals surface area contributed by atoms with Crippen molar-refractivity contribution >= 4 is 154 Å². The molecular formula is C43H30BBr4FI2O2. The second-order valence-electron chi connectivity index (χ2n) is 11.6. The van der Waals surface area contributed by atoms with Gasteiger partial charge in [-0.2, -0.15) is 0 Å². The maximum absolute atomic E-state index is 9.96. The number of halogens is 7. The van der Waals surface area contributed by atoms with Gasteiger partial charge < -0.3 is 10.0 Å². The summed E-state index contributed by atoms with van der Waals surface area (Å²) in [6.45, 7) is 0. The molecule has 0 unspecified atom stereocenters. The number of rotatable bonds is 3. The minimum Gasteiger partial charge on any atom is -0.423 e. The van der Waals surface area contributed by atoms with Gasteiger partial charge in [0.05, 0.1) is 8.52 Å². The van der Waals surface area contributed by atoms with Crippen LogP contribution in [-0.2, 0) is 0 Å². The average molecular weight is 1180 g/mol. The highest BCUT2D eigenvalue weighted by Gasteiger charge is 2.12. The summed E-state index contributed by atoms with van der Waals surface area (Å²) in [4.78, 5) is 0. The fourth-order valence-corrected chi connectivity index (χ4v) is 9.19. The van der Waals surface area contributed by atoms with E-state index in [1.807, 2.05) is 30.3 Å². The molecule has 8 rings (SSSR count). The zero-order valence-corrected chi connectivity index (χ0v) is 38.4. The van der Waals surface area contributed by atoms with Gasteiger partial charge in [-0.25, -0.2) is 0 Å². The van der Waals surface area contributed by atoms with Gasteiger partial charge in [0.15, 0.2) is 0 Å². The van der Waals surface area contributed by atoms with Crippen LogP contribution in [0.25, 0.3) is 54.6 Å². The summed E-state index contributed by atoms with van der Waals surface area (Å²) < 4.78 is 22.4. The van der Waals surface area contributed by atoms with Crippen LogP contribution in [0, 0.1) is 7.14 Å². The third-order valence-corrected chi connectivity index (χ3v) is 14.1. The van der Waals surface area contributed by atoms with E-state index in [9.17, 15) is 4.39 Å². The lowest BCUT2D eigenvalue weighted by atomic mass is 9.79. The van der Waals surface area contributed by atoms with Crippen molar-refractivity contribution in [3.8, 4) is 22.3 Å². The SMILES string of the molecule is Brc1cc(-c2ccc3ccccc3c2)c(Br)cc1-c1ccc2ccccc2c1.Brc1cc(I)c(Br)cc1I.OB(O)c1ccc2ccccc2c1.[2H]CF. The van der Waals surface area contributed by atoms with Crippen LogP contribution in [0.5, 0.6) is 0 Å². The molecule has 2 nitrogen and oxygen atoms in total. The summed E-state index contributed by atoms with van der Waals surface area (Å²) in [5, 5.41) is 25.0. The molecule has 53 heavy (non-hydrogen) atoms. The zero-order chi connectivity index (χ0) is 38.8. The molecule has 266 valence electrons. The van der Waals surface area contributed by atoms with Crippen molar-refractivity contribution in [2.24, 2.45) is 0 Å². The van der Waals surface area contributed by atoms with E-state index in [2.05, 4.69) is 218 Å². The normalized spacial score (nSPS) is 10.7. The number of hydrogen-bond donors (Lipinski definition) is 2. The molecule has 0 bridgehead atoms. The molecule has 0 heterocycles. The first kappa shape index (κ1) is 40.5. The Bertz CT molecular complexity index is 2390. The Morgan fingerprint density at radius 1 is 0.472 bits per heavy atom. The van der Waals surface area contributed by atoms with Crippen LogP contribution in [0.15, 0.2) is 170 Å². The highest BCUT2D eigenvalue weighted by molar-refractivity contribution is 14.1. The molecule has 0 spiro atoms. The first-order chi connectivity index (χ1) is 26.0. The van der Waals surface area contributed by atoms with Crippen LogP contribution in [-0.4, -0.2) is 24.3 Å². The predicted molar refractivity (Wildman–Crippen MR) is 256 cm³/mol. The van der Waals surface area contributed by atoms with Crippen molar-refractivity contribution in [3.63, 3.8) is 0 Å². The fourth-order valence-electron chi connectivity index (χ4n) is 5.57. The first-order valence-electron chi connectivity index (χ1n) is 16.7. The molecule has 0 aromatic heterocycles. The van der Waals surface area contributed by atoms with Gasteiger partial charge in [0.25, 0.3) is 0 Å². The van der Waals surface area contributed by atoms with Crippen molar-refractivity contribution in [1.82, 2.24) is 0 Å². The third kappa shape index (κ3) is 11.0. The summed E-state index contributed by atoms with van der Waals surface area (Å²) in [6, 6.07) is 51.9. The molecule has 0 amide bonds. The molecule has 0 saturated carbocycles. The maximum atomic E-state index is 9.96. The van der Waals surface area contributed by atoms with Crippen LogP contribution >= 0.6 is 109 Å². The zero-order valence-electron chi connectivity index (χ0n) is 28.8. The highest BCUT2D eigenvalue weighted by atomic mass is 127. The van der Waals surface area contributed by atoms with Gasteiger partial charge in [0, 0.05) is 25.0 Å². The predicted octanol–water partition coefficient (Wildman–Crippen LogP) is 14.4. The molecule has 2 N–H and O–H groups in total. The largest absolute Gasteiger partial charge is 0.488 e.